The van der Waals surface area contributed by atoms with E-state index in [-0.39, 0.29) is 0 Å². The van der Waals surface area contributed by atoms with Gasteiger partial charge in [0.25, 0.3) is 0 Å². The van der Waals surface area contributed by atoms with Gasteiger partial charge in [-0.15, -0.1) is 0 Å². The molecule has 0 radical (unpaired) electrons. The van der Waals surface area contributed by atoms with Crippen LogP contribution >= 0.6 is 0 Å². The van der Waals surface area contributed by atoms with Gasteiger partial charge in [0.15, 0.2) is 0 Å². The summed E-state index contributed by atoms with van der Waals surface area (Å²) in [4.78, 5) is 0. The van der Waals surface area contributed by atoms with Crippen molar-refractivity contribution < 1.29 is 0 Å². The van der Waals surface area contributed by atoms with Gasteiger partial charge >= 0.3 is 0 Å². The van der Waals surface area contributed by atoms with Gasteiger partial charge in [0.2, 0.25) is 0 Å². The molecule has 0 saturated heterocycles. The fourth-order valence-electron chi connectivity index (χ4n) is 1.15. The summed E-state index contributed by atoms with van der Waals surface area (Å²) in [5.41, 5.74) is 8.84. The number of hydrogen-bond acceptors (Lipinski definition) is 3. The van der Waals surface area contributed by atoms with Crippen LogP contribution in [0.2, 0.25) is 0 Å². The molecule has 0 aliphatic heterocycles. The van der Waals surface area contributed by atoms with E-state index in [2.05, 4.69) is 24.3 Å². The lowest BCUT2D eigenvalue weighted by Crippen LogP contribution is -2.22. The molecule has 0 aromatic rings. The number of rotatable bonds is 4. The maximum Gasteiger partial charge on any atom is 0.0834 e. The molecule has 0 unspecified atom stereocenters. The van der Waals surface area contributed by atoms with E-state index in [1.807, 2.05) is 20.8 Å². The second kappa shape index (κ2) is 4.91. The van der Waals surface area contributed by atoms with E-state index in [1.54, 1.807) is 0 Å². The molecule has 3 heteroatoms. The number of nitrogens with zero attached hydrogens (tertiary/aromatic N) is 1. The number of allylic oxidation sites excluding steroid dienone is 2. The molecule has 0 aromatic carbocycles. The minimum absolute atomic E-state index is 0.314. The normalized spacial score (nSPS) is 13.2. The minimum Gasteiger partial charge on any atom is -0.385 e. The molecular formula is C9H19N3. The molecule has 0 atom stereocenters. The van der Waals surface area contributed by atoms with Gasteiger partial charge < -0.3 is 5.32 Å². The maximum atomic E-state index is 6.99. The molecule has 0 saturated carbocycles. The Hall–Kier alpha value is -0.860. The lowest BCUT2D eigenvalue weighted by atomic mass is 10.1. The molecule has 0 heterocycles. The van der Waals surface area contributed by atoms with Gasteiger partial charge in [0, 0.05) is 11.7 Å². The van der Waals surface area contributed by atoms with Crippen LogP contribution in [0.5, 0.6) is 0 Å². The van der Waals surface area contributed by atoms with Gasteiger partial charge in [-0.25, -0.2) is 5.53 Å². The largest absolute Gasteiger partial charge is 0.385 e. The SMILES string of the molecule is C/C(NC(C)C)=C(/N=N)C(C)C. The highest BCUT2D eigenvalue weighted by Gasteiger charge is 2.06. The summed E-state index contributed by atoms with van der Waals surface area (Å²) >= 11 is 0. The zero-order valence-electron chi connectivity index (χ0n) is 8.60. The van der Waals surface area contributed by atoms with Gasteiger partial charge in [-0.2, -0.15) is 5.11 Å². The Labute approximate surface area is 74.8 Å². The third-order valence-corrected chi connectivity index (χ3v) is 1.56. The third kappa shape index (κ3) is 3.51. The predicted octanol–water partition coefficient (Wildman–Crippen LogP) is 2.90. The van der Waals surface area contributed by atoms with E-state index in [9.17, 15) is 0 Å². The van der Waals surface area contributed by atoms with Crippen LogP contribution < -0.4 is 5.32 Å². The molecule has 0 aromatic heterocycles. The first-order valence-electron chi connectivity index (χ1n) is 4.33. The predicted molar refractivity (Wildman–Crippen MR) is 51.0 cm³/mol. The van der Waals surface area contributed by atoms with Crippen LogP contribution in [0.4, 0.5) is 0 Å². The lowest BCUT2D eigenvalue weighted by Gasteiger charge is -2.14. The molecule has 0 spiro atoms. The van der Waals surface area contributed by atoms with E-state index >= 15 is 0 Å². The average molecular weight is 169 g/mol. The second-order valence-electron chi connectivity index (χ2n) is 3.58. The molecule has 12 heavy (non-hydrogen) atoms. The summed E-state index contributed by atoms with van der Waals surface area (Å²) in [6.07, 6.45) is 0. The van der Waals surface area contributed by atoms with E-state index in [0.29, 0.717) is 12.0 Å². The Morgan fingerprint density at radius 2 is 1.75 bits per heavy atom. The highest BCUT2D eigenvalue weighted by atomic mass is 15.0. The van der Waals surface area contributed by atoms with E-state index in [1.165, 1.54) is 0 Å². The van der Waals surface area contributed by atoms with Crippen molar-refractivity contribution in [1.29, 1.82) is 5.53 Å². The number of nitrogens with one attached hydrogen (secondary N) is 2. The topological polar surface area (TPSA) is 48.2 Å². The van der Waals surface area contributed by atoms with Crippen molar-refractivity contribution in [3.8, 4) is 0 Å². The standard InChI is InChI=1S/C9H19N3/c1-6(2)9(12-10)8(5)11-7(3)4/h6-7,10-11H,1-5H3/b9-8-,12-10?. The van der Waals surface area contributed by atoms with E-state index < -0.39 is 0 Å². The zero-order valence-corrected chi connectivity index (χ0v) is 8.60. The summed E-state index contributed by atoms with van der Waals surface area (Å²) in [6.45, 7) is 10.2. The van der Waals surface area contributed by atoms with Gasteiger partial charge in [0.1, 0.15) is 0 Å². The van der Waals surface area contributed by atoms with Crippen molar-refractivity contribution in [3.63, 3.8) is 0 Å². The Bertz CT molecular complexity index is 180. The third-order valence-electron chi connectivity index (χ3n) is 1.56. The van der Waals surface area contributed by atoms with Crippen molar-refractivity contribution in [2.45, 2.75) is 40.7 Å². The van der Waals surface area contributed by atoms with Crippen molar-refractivity contribution in [2.75, 3.05) is 0 Å². The molecule has 0 amide bonds. The Morgan fingerprint density at radius 3 is 2.00 bits per heavy atom. The molecule has 0 fully saturated rings. The van der Waals surface area contributed by atoms with Crippen molar-refractivity contribution in [3.05, 3.63) is 11.4 Å². The monoisotopic (exact) mass is 169 g/mol. The minimum atomic E-state index is 0.314. The van der Waals surface area contributed by atoms with Crippen LogP contribution in [0.25, 0.3) is 0 Å². The molecule has 3 nitrogen and oxygen atoms in total. The van der Waals surface area contributed by atoms with Crippen molar-refractivity contribution >= 4 is 0 Å². The first-order chi connectivity index (χ1) is 5.49. The molecule has 0 aliphatic rings. The van der Waals surface area contributed by atoms with Crippen LogP contribution in [0.15, 0.2) is 16.5 Å². The van der Waals surface area contributed by atoms with Gasteiger partial charge in [-0.1, -0.05) is 13.8 Å². The summed E-state index contributed by atoms with van der Waals surface area (Å²) in [7, 11) is 0. The van der Waals surface area contributed by atoms with Crippen LogP contribution in [-0.4, -0.2) is 6.04 Å². The smallest absolute Gasteiger partial charge is 0.0834 e. The Kier molecular flexibility index (Phi) is 4.55. The van der Waals surface area contributed by atoms with Crippen LogP contribution in [0.1, 0.15) is 34.6 Å². The number of hydrogen-bond donors (Lipinski definition) is 2. The molecule has 0 bridgehead atoms. The molecular weight excluding hydrogens is 150 g/mol. The molecule has 0 rings (SSSR count). The van der Waals surface area contributed by atoms with Gasteiger partial charge in [-0.05, 0) is 26.7 Å². The Balaban J connectivity index is 4.49. The van der Waals surface area contributed by atoms with E-state index in [0.717, 1.165) is 11.4 Å². The molecule has 2 N–H and O–H groups in total. The van der Waals surface area contributed by atoms with Crippen molar-refractivity contribution in [1.82, 2.24) is 5.32 Å². The van der Waals surface area contributed by atoms with Crippen LogP contribution in [-0.2, 0) is 0 Å². The maximum absolute atomic E-state index is 6.99. The first-order valence-corrected chi connectivity index (χ1v) is 4.33. The Morgan fingerprint density at radius 1 is 1.25 bits per heavy atom. The van der Waals surface area contributed by atoms with Gasteiger partial charge in [-0.3, -0.25) is 0 Å². The van der Waals surface area contributed by atoms with Crippen molar-refractivity contribution in [2.24, 2.45) is 11.0 Å². The van der Waals surface area contributed by atoms with Gasteiger partial charge in [0.05, 0.1) is 5.70 Å². The fourth-order valence-corrected chi connectivity index (χ4v) is 1.15. The molecule has 70 valence electrons. The lowest BCUT2D eigenvalue weighted by molar-refractivity contribution is 0.629. The zero-order chi connectivity index (χ0) is 9.72. The molecule has 0 aliphatic carbocycles. The fraction of sp³-hybridized carbons (Fsp3) is 0.778. The van der Waals surface area contributed by atoms with E-state index in [4.69, 9.17) is 5.53 Å². The summed E-state index contributed by atoms with van der Waals surface area (Å²) in [5, 5.41) is 6.75. The quantitative estimate of drug-likeness (QED) is 0.624. The summed E-state index contributed by atoms with van der Waals surface area (Å²) < 4.78 is 0. The second-order valence-corrected chi connectivity index (χ2v) is 3.58. The van der Waals surface area contributed by atoms with Crippen LogP contribution in [0.3, 0.4) is 0 Å². The summed E-state index contributed by atoms with van der Waals surface area (Å²) in [5.74, 6) is 0.314. The average Bonchev–Trinajstić information content (AvgIpc) is 1.85. The highest BCUT2D eigenvalue weighted by Crippen LogP contribution is 2.14. The first kappa shape index (κ1) is 11.1. The van der Waals surface area contributed by atoms with Crippen LogP contribution in [0, 0.1) is 11.4 Å². The highest BCUT2D eigenvalue weighted by molar-refractivity contribution is 5.10. The summed E-state index contributed by atoms with van der Waals surface area (Å²) in [6, 6.07) is 0.403.